The normalized spacial score (nSPS) is 21.2. The quantitative estimate of drug-likeness (QED) is 0.575. The third kappa shape index (κ3) is 1.36. The van der Waals surface area contributed by atoms with Crippen LogP contribution in [0.15, 0.2) is 0 Å². The van der Waals surface area contributed by atoms with Gasteiger partial charge in [0.2, 0.25) is 5.91 Å². The molecule has 1 aliphatic rings. The third-order valence-corrected chi connectivity index (χ3v) is 2.12. The molecule has 11 heavy (non-hydrogen) atoms. The first-order chi connectivity index (χ1) is 5.13. The van der Waals surface area contributed by atoms with E-state index in [9.17, 15) is 4.79 Å². The highest BCUT2D eigenvalue weighted by molar-refractivity contribution is 5.74. The molecule has 64 valence electrons. The summed E-state index contributed by atoms with van der Waals surface area (Å²) in [6.07, 6.45) is 0. The van der Waals surface area contributed by atoms with Crippen LogP contribution in [0.1, 0.15) is 6.92 Å². The van der Waals surface area contributed by atoms with Crippen molar-refractivity contribution in [2.45, 2.75) is 12.5 Å². The van der Waals surface area contributed by atoms with Crippen LogP contribution in [0.25, 0.3) is 0 Å². The van der Waals surface area contributed by atoms with Gasteiger partial charge in [-0.3, -0.25) is 4.79 Å². The lowest BCUT2D eigenvalue weighted by atomic mass is 9.95. The predicted octanol–water partition coefficient (Wildman–Crippen LogP) is -0.774. The number of hydrogen-bond acceptors (Lipinski definition) is 3. The Kier molecular flexibility index (Phi) is 2.15. The van der Waals surface area contributed by atoms with Crippen molar-refractivity contribution in [3.63, 3.8) is 0 Å². The molecule has 4 heteroatoms. The second-order valence-electron chi connectivity index (χ2n) is 2.92. The van der Waals surface area contributed by atoms with Crippen molar-refractivity contribution in [1.29, 1.82) is 0 Å². The average molecular weight is 159 g/mol. The summed E-state index contributed by atoms with van der Waals surface area (Å²) in [5.74, 6) is 0.0334. The summed E-state index contributed by atoms with van der Waals surface area (Å²) in [5, 5.41) is 8.87. The Hall–Kier alpha value is -0.610. The van der Waals surface area contributed by atoms with Crippen molar-refractivity contribution in [3.05, 3.63) is 0 Å². The highest BCUT2D eigenvalue weighted by Crippen LogP contribution is 2.23. The fraction of sp³-hybridized carbons (Fsp3) is 0.857. The van der Waals surface area contributed by atoms with E-state index >= 15 is 0 Å². The molecule has 1 amide bonds. The Morgan fingerprint density at radius 2 is 2.27 bits per heavy atom. The molecule has 1 saturated heterocycles. The molecule has 0 atom stereocenters. The molecule has 0 bridgehead atoms. The van der Waals surface area contributed by atoms with Crippen LogP contribution in [0.2, 0.25) is 0 Å². The van der Waals surface area contributed by atoms with Gasteiger partial charge in [-0.1, -0.05) is 0 Å². The summed E-state index contributed by atoms with van der Waals surface area (Å²) < 4.78 is 5.06. The molecule has 1 fully saturated rings. The number of hydrogen-bond donors (Lipinski definition) is 1. The van der Waals surface area contributed by atoms with Crippen molar-refractivity contribution in [2.75, 3.05) is 26.8 Å². The van der Waals surface area contributed by atoms with Gasteiger partial charge >= 0.3 is 0 Å². The van der Waals surface area contributed by atoms with Gasteiger partial charge in [0.1, 0.15) is 5.60 Å². The molecule has 0 spiro atoms. The van der Waals surface area contributed by atoms with E-state index in [2.05, 4.69) is 0 Å². The number of aliphatic hydroxyl groups excluding tert-OH is 1. The monoisotopic (exact) mass is 159 g/mol. The minimum atomic E-state index is -0.480. The lowest BCUT2D eigenvalue weighted by Crippen LogP contribution is -2.65. The summed E-state index contributed by atoms with van der Waals surface area (Å²) in [6.45, 7) is 2.51. The summed E-state index contributed by atoms with van der Waals surface area (Å²) in [5.41, 5.74) is -0.480. The first kappa shape index (κ1) is 8.49. The van der Waals surface area contributed by atoms with Gasteiger partial charge in [-0.05, 0) is 0 Å². The standard InChI is InChI=1S/C7H13NO3/c1-6(10)8-3-7(4-8,5-9)11-2/h9H,3-5H2,1-2H3. The van der Waals surface area contributed by atoms with Gasteiger partial charge < -0.3 is 14.7 Å². The lowest BCUT2D eigenvalue weighted by Gasteiger charge is -2.47. The highest BCUT2D eigenvalue weighted by Gasteiger charge is 2.43. The van der Waals surface area contributed by atoms with E-state index in [-0.39, 0.29) is 12.5 Å². The van der Waals surface area contributed by atoms with Gasteiger partial charge in [-0.15, -0.1) is 0 Å². The average Bonchev–Trinajstić information content (AvgIpc) is 1.87. The maximum atomic E-state index is 10.7. The molecule has 1 rings (SSSR count). The zero-order valence-electron chi connectivity index (χ0n) is 6.83. The van der Waals surface area contributed by atoms with Crippen molar-refractivity contribution in [3.8, 4) is 0 Å². The second kappa shape index (κ2) is 2.79. The first-order valence-electron chi connectivity index (χ1n) is 3.55. The molecule has 1 aliphatic heterocycles. The van der Waals surface area contributed by atoms with E-state index in [0.29, 0.717) is 13.1 Å². The number of aliphatic hydroxyl groups is 1. The number of likely N-dealkylation sites (tertiary alicyclic amines) is 1. The molecule has 0 saturated carbocycles. The fourth-order valence-electron chi connectivity index (χ4n) is 1.17. The second-order valence-corrected chi connectivity index (χ2v) is 2.92. The molecular weight excluding hydrogens is 146 g/mol. The highest BCUT2D eigenvalue weighted by atomic mass is 16.5. The Morgan fingerprint density at radius 1 is 1.73 bits per heavy atom. The Bertz CT molecular complexity index is 157. The van der Waals surface area contributed by atoms with Crippen LogP contribution in [0.3, 0.4) is 0 Å². The predicted molar refractivity (Wildman–Crippen MR) is 39.1 cm³/mol. The number of amides is 1. The zero-order valence-corrected chi connectivity index (χ0v) is 6.83. The van der Waals surface area contributed by atoms with E-state index in [1.807, 2.05) is 0 Å². The smallest absolute Gasteiger partial charge is 0.219 e. The van der Waals surface area contributed by atoms with E-state index in [4.69, 9.17) is 9.84 Å². The van der Waals surface area contributed by atoms with Gasteiger partial charge in [-0.25, -0.2) is 0 Å². The van der Waals surface area contributed by atoms with E-state index in [0.717, 1.165) is 0 Å². The van der Waals surface area contributed by atoms with E-state index in [1.165, 1.54) is 6.92 Å². The Balaban J connectivity index is 2.41. The zero-order chi connectivity index (χ0) is 8.48. The molecule has 0 radical (unpaired) electrons. The van der Waals surface area contributed by atoms with E-state index < -0.39 is 5.60 Å². The van der Waals surface area contributed by atoms with Gasteiger partial charge in [0, 0.05) is 14.0 Å². The van der Waals surface area contributed by atoms with Crippen LogP contribution in [0.4, 0.5) is 0 Å². The first-order valence-corrected chi connectivity index (χ1v) is 3.55. The number of carbonyl (C=O) groups excluding carboxylic acids is 1. The number of nitrogens with zero attached hydrogens (tertiary/aromatic N) is 1. The molecule has 0 aliphatic carbocycles. The third-order valence-electron chi connectivity index (χ3n) is 2.12. The van der Waals surface area contributed by atoms with Crippen LogP contribution in [0, 0.1) is 0 Å². The van der Waals surface area contributed by atoms with Gasteiger partial charge in [0.25, 0.3) is 0 Å². The van der Waals surface area contributed by atoms with Crippen molar-refractivity contribution < 1.29 is 14.6 Å². The van der Waals surface area contributed by atoms with E-state index in [1.54, 1.807) is 12.0 Å². The molecule has 4 nitrogen and oxygen atoms in total. The SMILES string of the molecule is COC1(CO)CN(C(C)=O)C1. The maximum Gasteiger partial charge on any atom is 0.219 e. The largest absolute Gasteiger partial charge is 0.393 e. The summed E-state index contributed by atoms with van der Waals surface area (Å²) in [7, 11) is 1.55. The molecule has 0 unspecified atom stereocenters. The Labute approximate surface area is 65.8 Å². The molecular formula is C7H13NO3. The number of rotatable bonds is 2. The van der Waals surface area contributed by atoms with Crippen molar-refractivity contribution >= 4 is 5.91 Å². The topological polar surface area (TPSA) is 49.8 Å². The molecule has 1 heterocycles. The number of ether oxygens (including phenoxy) is 1. The number of carbonyl (C=O) groups is 1. The minimum Gasteiger partial charge on any atom is -0.393 e. The van der Waals surface area contributed by atoms with Gasteiger partial charge in [-0.2, -0.15) is 0 Å². The van der Waals surface area contributed by atoms with Gasteiger partial charge in [0.15, 0.2) is 0 Å². The summed E-state index contributed by atoms with van der Waals surface area (Å²) in [4.78, 5) is 12.4. The lowest BCUT2D eigenvalue weighted by molar-refractivity contribution is -0.169. The molecule has 0 aromatic carbocycles. The van der Waals surface area contributed by atoms with Crippen molar-refractivity contribution in [1.82, 2.24) is 4.90 Å². The van der Waals surface area contributed by atoms with Crippen molar-refractivity contribution in [2.24, 2.45) is 0 Å². The van der Waals surface area contributed by atoms with Crippen LogP contribution in [-0.2, 0) is 9.53 Å². The summed E-state index contributed by atoms with van der Waals surface area (Å²) >= 11 is 0. The van der Waals surface area contributed by atoms with Crippen LogP contribution < -0.4 is 0 Å². The molecule has 0 aromatic heterocycles. The minimum absolute atomic E-state index is 0.0206. The van der Waals surface area contributed by atoms with Gasteiger partial charge in [0.05, 0.1) is 19.7 Å². The van der Waals surface area contributed by atoms with Crippen LogP contribution in [-0.4, -0.2) is 48.3 Å². The summed E-state index contributed by atoms with van der Waals surface area (Å²) in [6, 6.07) is 0. The van der Waals surface area contributed by atoms with Crippen LogP contribution >= 0.6 is 0 Å². The fourth-order valence-corrected chi connectivity index (χ4v) is 1.17. The number of methoxy groups -OCH3 is 1. The molecule has 0 aromatic rings. The Morgan fingerprint density at radius 3 is 2.55 bits per heavy atom. The molecule has 1 N–H and O–H groups in total. The van der Waals surface area contributed by atoms with Crippen LogP contribution in [0.5, 0.6) is 0 Å². The maximum absolute atomic E-state index is 10.7.